The third-order valence-corrected chi connectivity index (χ3v) is 3.93. The summed E-state index contributed by atoms with van der Waals surface area (Å²) in [7, 11) is 0. The second-order valence-electron chi connectivity index (χ2n) is 4.00. The molecule has 17 heavy (non-hydrogen) atoms. The van der Waals surface area contributed by atoms with Gasteiger partial charge in [0.15, 0.2) is 0 Å². The molecule has 0 spiro atoms. The van der Waals surface area contributed by atoms with Gasteiger partial charge >= 0.3 is 0 Å². The predicted octanol–water partition coefficient (Wildman–Crippen LogP) is 3.58. The van der Waals surface area contributed by atoms with Gasteiger partial charge in [-0.15, -0.1) is 0 Å². The van der Waals surface area contributed by atoms with Crippen molar-refractivity contribution in [2.45, 2.75) is 12.8 Å². The topological polar surface area (TPSA) is 38.3 Å². The molecule has 0 atom stereocenters. The lowest BCUT2D eigenvalue weighted by Gasteiger charge is -2.21. The lowest BCUT2D eigenvalue weighted by molar-refractivity contribution is -0.122. The summed E-state index contributed by atoms with van der Waals surface area (Å²) in [5.41, 5.74) is 0.810. The van der Waals surface area contributed by atoms with Gasteiger partial charge < -0.3 is 10.1 Å². The van der Waals surface area contributed by atoms with Crippen LogP contribution in [0.2, 0.25) is 0 Å². The van der Waals surface area contributed by atoms with Crippen LogP contribution in [0.25, 0.3) is 0 Å². The van der Waals surface area contributed by atoms with Gasteiger partial charge in [-0.2, -0.15) is 0 Å². The van der Waals surface area contributed by atoms with Crippen LogP contribution in [0.3, 0.4) is 0 Å². The van der Waals surface area contributed by atoms with Crippen molar-refractivity contribution in [1.82, 2.24) is 0 Å². The van der Waals surface area contributed by atoms with Gasteiger partial charge in [0.05, 0.1) is 5.69 Å². The maximum Gasteiger partial charge on any atom is 0.227 e. The number of ether oxygens (including phenoxy) is 1. The summed E-state index contributed by atoms with van der Waals surface area (Å²) < 4.78 is 7.11. The standard InChI is InChI=1S/C12H13Br2NO2/c13-9-1-2-11(10(14)7-9)15-12(16)8-3-5-17-6-4-8/h1-2,7-8H,3-6H2,(H,15,16). The number of hydrogen-bond acceptors (Lipinski definition) is 2. The van der Waals surface area contributed by atoms with E-state index < -0.39 is 0 Å². The molecular weight excluding hydrogens is 350 g/mol. The Hall–Kier alpha value is -0.390. The molecule has 0 bridgehead atoms. The van der Waals surface area contributed by atoms with Gasteiger partial charge in [0.25, 0.3) is 0 Å². The Labute approximate surface area is 117 Å². The Morgan fingerprint density at radius 3 is 2.65 bits per heavy atom. The van der Waals surface area contributed by atoms with Crippen molar-refractivity contribution in [2.75, 3.05) is 18.5 Å². The minimum atomic E-state index is 0.0688. The van der Waals surface area contributed by atoms with Crippen molar-refractivity contribution in [3.63, 3.8) is 0 Å². The summed E-state index contributed by atoms with van der Waals surface area (Å²) in [4.78, 5) is 12.0. The minimum Gasteiger partial charge on any atom is -0.381 e. The molecule has 1 heterocycles. The van der Waals surface area contributed by atoms with Crippen LogP contribution < -0.4 is 5.32 Å². The van der Waals surface area contributed by atoms with Crippen LogP contribution in [-0.4, -0.2) is 19.1 Å². The molecule has 1 saturated heterocycles. The summed E-state index contributed by atoms with van der Waals surface area (Å²) in [6, 6.07) is 5.70. The normalized spacial score (nSPS) is 16.8. The summed E-state index contributed by atoms with van der Waals surface area (Å²) >= 11 is 6.81. The molecule has 5 heteroatoms. The van der Waals surface area contributed by atoms with E-state index in [9.17, 15) is 4.79 Å². The van der Waals surface area contributed by atoms with Gasteiger partial charge in [0.2, 0.25) is 5.91 Å². The van der Waals surface area contributed by atoms with Crippen molar-refractivity contribution in [1.29, 1.82) is 0 Å². The smallest absolute Gasteiger partial charge is 0.227 e. The van der Waals surface area contributed by atoms with E-state index in [-0.39, 0.29) is 11.8 Å². The number of nitrogens with one attached hydrogen (secondary N) is 1. The fourth-order valence-corrected chi connectivity index (χ4v) is 2.93. The Balaban J connectivity index is 2.02. The molecule has 92 valence electrons. The molecule has 2 rings (SSSR count). The fraction of sp³-hybridized carbons (Fsp3) is 0.417. The van der Waals surface area contributed by atoms with Crippen molar-refractivity contribution in [2.24, 2.45) is 5.92 Å². The molecule has 0 radical (unpaired) electrons. The molecule has 1 aromatic rings. The second kappa shape index (κ2) is 5.98. The second-order valence-corrected chi connectivity index (χ2v) is 5.77. The average molecular weight is 363 g/mol. The quantitative estimate of drug-likeness (QED) is 0.873. The number of anilines is 1. The Morgan fingerprint density at radius 2 is 2.00 bits per heavy atom. The van der Waals surface area contributed by atoms with E-state index in [4.69, 9.17) is 4.74 Å². The molecule has 0 unspecified atom stereocenters. The number of benzene rings is 1. The van der Waals surface area contributed by atoms with E-state index in [2.05, 4.69) is 37.2 Å². The number of amides is 1. The molecular formula is C12H13Br2NO2. The largest absolute Gasteiger partial charge is 0.381 e. The summed E-state index contributed by atoms with van der Waals surface area (Å²) in [5.74, 6) is 0.149. The zero-order valence-electron chi connectivity index (χ0n) is 9.21. The Bertz CT molecular complexity index is 417. The number of carbonyl (C=O) groups is 1. The summed E-state index contributed by atoms with van der Waals surface area (Å²) in [5, 5.41) is 2.94. The van der Waals surface area contributed by atoms with E-state index in [0.717, 1.165) is 27.5 Å². The van der Waals surface area contributed by atoms with E-state index in [0.29, 0.717) is 13.2 Å². The zero-order chi connectivity index (χ0) is 12.3. The van der Waals surface area contributed by atoms with Crippen LogP contribution >= 0.6 is 31.9 Å². The molecule has 0 aromatic heterocycles. The molecule has 1 fully saturated rings. The highest BCUT2D eigenvalue weighted by Gasteiger charge is 2.21. The van der Waals surface area contributed by atoms with E-state index in [1.165, 1.54) is 0 Å². The number of hydrogen-bond donors (Lipinski definition) is 1. The lowest BCUT2D eigenvalue weighted by Crippen LogP contribution is -2.28. The fourth-order valence-electron chi connectivity index (χ4n) is 1.79. The molecule has 1 N–H and O–H groups in total. The number of carbonyl (C=O) groups excluding carboxylic acids is 1. The molecule has 1 aliphatic heterocycles. The van der Waals surface area contributed by atoms with E-state index in [1.54, 1.807) is 0 Å². The maximum absolute atomic E-state index is 12.0. The minimum absolute atomic E-state index is 0.0688. The Kier molecular flexibility index (Phi) is 4.59. The van der Waals surface area contributed by atoms with Gasteiger partial charge in [-0.3, -0.25) is 4.79 Å². The van der Waals surface area contributed by atoms with Gasteiger partial charge in [0.1, 0.15) is 0 Å². The molecule has 1 aromatic carbocycles. The highest BCUT2D eigenvalue weighted by molar-refractivity contribution is 9.11. The average Bonchev–Trinajstić information content (AvgIpc) is 2.34. The van der Waals surface area contributed by atoms with E-state index >= 15 is 0 Å². The zero-order valence-corrected chi connectivity index (χ0v) is 12.4. The van der Waals surface area contributed by atoms with Gasteiger partial charge in [0, 0.05) is 28.1 Å². The first-order valence-corrected chi connectivity index (χ1v) is 7.09. The van der Waals surface area contributed by atoms with Crippen LogP contribution in [-0.2, 0) is 9.53 Å². The molecule has 1 amide bonds. The maximum atomic E-state index is 12.0. The summed E-state index contributed by atoms with van der Waals surface area (Å²) in [6.07, 6.45) is 1.61. The lowest BCUT2D eigenvalue weighted by atomic mass is 9.99. The SMILES string of the molecule is O=C(Nc1ccc(Br)cc1Br)C1CCOCC1. The van der Waals surface area contributed by atoms with Crippen LogP contribution in [0.15, 0.2) is 27.1 Å². The van der Waals surface area contributed by atoms with Gasteiger partial charge in [-0.25, -0.2) is 0 Å². The first-order valence-electron chi connectivity index (χ1n) is 5.50. The van der Waals surface area contributed by atoms with Gasteiger partial charge in [-0.1, -0.05) is 15.9 Å². The Morgan fingerprint density at radius 1 is 1.29 bits per heavy atom. The van der Waals surface area contributed by atoms with Crippen LogP contribution in [0.4, 0.5) is 5.69 Å². The third kappa shape index (κ3) is 3.53. The highest BCUT2D eigenvalue weighted by atomic mass is 79.9. The first-order chi connectivity index (χ1) is 8.16. The predicted molar refractivity (Wildman–Crippen MR) is 74.0 cm³/mol. The van der Waals surface area contributed by atoms with Crippen molar-refractivity contribution >= 4 is 43.5 Å². The number of rotatable bonds is 2. The molecule has 3 nitrogen and oxygen atoms in total. The van der Waals surface area contributed by atoms with E-state index in [1.807, 2.05) is 18.2 Å². The monoisotopic (exact) mass is 361 g/mol. The first kappa shape index (κ1) is 13.1. The molecule has 0 saturated carbocycles. The highest BCUT2D eigenvalue weighted by Crippen LogP contribution is 2.27. The van der Waals surface area contributed by atoms with Crippen molar-refractivity contribution < 1.29 is 9.53 Å². The summed E-state index contributed by atoms with van der Waals surface area (Å²) in [6.45, 7) is 1.36. The number of halogens is 2. The third-order valence-electron chi connectivity index (χ3n) is 2.78. The van der Waals surface area contributed by atoms with Crippen molar-refractivity contribution in [3.8, 4) is 0 Å². The van der Waals surface area contributed by atoms with Crippen LogP contribution in [0.1, 0.15) is 12.8 Å². The van der Waals surface area contributed by atoms with Crippen LogP contribution in [0.5, 0.6) is 0 Å². The molecule has 1 aliphatic rings. The van der Waals surface area contributed by atoms with Gasteiger partial charge in [-0.05, 0) is 47.0 Å². The molecule has 0 aliphatic carbocycles. The van der Waals surface area contributed by atoms with Crippen LogP contribution in [0, 0.1) is 5.92 Å². The van der Waals surface area contributed by atoms with Crippen molar-refractivity contribution in [3.05, 3.63) is 27.1 Å².